The summed E-state index contributed by atoms with van der Waals surface area (Å²) < 4.78 is 21.2. The molecule has 1 N–H and O–H groups in total. The van der Waals surface area contributed by atoms with Gasteiger partial charge < -0.3 is 24.5 Å². The van der Waals surface area contributed by atoms with Crippen LogP contribution in [-0.4, -0.2) is 77.1 Å². The Morgan fingerprint density at radius 1 is 1.21 bits per heavy atom. The Kier molecular flexibility index (Phi) is 6.21. The van der Waals surface area contributed by atoms with Crippen molar-refractivity contribution in [2.24, 2.45) is 5.41 Å². The highest BCUT2D eigenvalue weighted by Crippen LogP contribution is 2.50. The molecule has 0 radical (unpaired) electrons. The van der Waals surface area contributed by atoms with Crippen molar-refractivity contribution in [1.82, 2.24) is 14.8 Å². The molecule has 1 aromatic heterocycles. The zero-order valence-corrected chi connectivity index (χ0v) is 21.8. The number of hydrogen-bond acceptors (Lipinski definition) is 6. The zero-order chi connectivity index (χ0) is 26.6. The van der Waals surface area contributed by atoms with Crippen molar-refractivity contribution in [2.75, 3.05) is 44.2 Å². The Morgan fingerprint density at radius 3 is 2.74 bits per heavy atom. The molecule has 38 heavy (non-hydrogen) atoms. The van der Waals surface area contributed by atoms with Crippen LogP contribution in [0.25, 0.3) is 11.3 Å². The standard InChI is InChI=1S/C28H30ClFN4O4/c1-2-20(36)32-12-13-34-17(14-32)15-38-25-22(27(34)37)26(33-11-10-28(16-33)8-3-4-9-28)31-24(23(25)29)21-18(30)6-5-7-19(21)35/h2,5-7,17,35H,1,3-4,8-16H2/t17-/m1/s1. The summed E-state index contributed by atoms with van der Waals surface area (Å²) in [5, 5.41) is 10.5. The molecule has 0 unspecified atom stereocenters. The van der Waals surface area contributed by atoms with Crippen molar-refractivity contribution < 1.29 is 23.8 Å². The van der Waals surface area contributed by atoms with Crippen LogP contribution in [0.2, 0.25) is 5.02 Å². The molecule has 1 spiro atoms. The fourth-order valence-corrected chi connectivity index (χ4v) is 6.85. The van der Waals surface area contributed by atoms with Gasteiger partial charge >= 0.3 is 0 Å². The van der Waals surface area contributed by atoms with E-state index >= 15 is 4.39 Å². The van der Waals surface area contributed by atoms with Crippen LogP contribution in [0.15, 0.2) is 30.9 Å². The molecule has 10 heteroatoms. The number of phenols is 1. The van der Waals surface area contributed by atoms with Gasteiger partial charge in [0, 0.05) is 32.7 Å². The highest BCUT2D eigenvalue weighted by Gasteiger charge is 2.45. The normalized spacial score (nSPS) is 22.2. The molecule has 6 rings (SSSR count). The molecule has 3 fully saturated rings. The van der Waals surface area contributed by atoms with Gasteiger partial charge in [-0.15, -0.1) is 0 Å². The van der Waals surface area contributed by atoms with Crippen LogP contribution in [0.5, 0.6) is 11.5 Å². The quantitative estimate of drug-likeness (QED) is 0.586. The SMILES string of the molecule is C=CC(=O)N1CCN2C(=O)c3c(N4CCC5(CCCC5)C4)nc(-c4c(O)cccc4F)c(Cl)c3OC[C@H]2C1. The third kappa shape index (κ3) is 3.99. The first kappa shape index (κ1) is 25.0. The second-order valence-corrected chi connectivity index (χ2v) is 11.1. The lowest BCUT2D eigenvalue weighted by molar-refractivity contribution is -0.128. The van der Waals surface area contributed by atoms with Crippen molar-refractivity contribution in [2.45, 2.75) is 38.1 Å². The van der Waals surface area contributed by atoms with Gasteiger partial charge in [-0.25, -0.2) is 9.37 Å². The second-order valence-electron chi connectivity index (χ2n) is 10.8. The molecule has 1 saturated carbocycles. The molecule has 1 atom stereocenters. The number of carbonyl (C=O) groups is 2. The van der Waals surface area contributed by atoms with Gasteiger partial charge in [0.25, 0.3) is 5.91 Å². The van der Waals surface area contributed by atoms with Gasteiger partial charge in [-0.05, 0) is 42.9 Å². The molecule has 4 aliphatic rings. The molecule has 0 bridgehead atoms. The number of carbonyl (C=O) groups excluding carboxylic acids is 2. The molecule has 200 valence electrons. The maximum atomic E-state index is 15.0. The number of aromatic nitrogens is 1. The van der Waals surface area contributed by atoms with Gasteiger partial charge in [0.1, 0.15) is 40.3 Å². The average molecular weight is 541 g/mol. The number of halogens is 2. The molecule has 1 aromatic carbocycles. The van der Waals surface area contributed by atoms with Crippen LogP contribution in [-0.2, 0) is 4.79 Å². The van der Waals surface area contributed by atoms with E-state index in [9.17, 15) is 14.7 Å². The minimum Gasteiger partial charge on any atom is -0.507 e. The second kappa shape index (κ2) is 9.45. The first-order valence-corrected chi connectivity index (χ1v) is 13.5. The van der Waals surface area contributed by atoms with E-state index < -0.39 is 5.82 Å². The van der Waals surface area contributed by atoms with Crippen molar-refractivity contribution in [3.8, 4) is 22.8 Å². The van der Waals surface area contributed by atoms with E-state index in [1.54, 1.807) is 9.80 Å². The van der Waals surface area contributed by atoms with E-state index in [2.05, 4.69) is 11.5 Å². The minimum atomic E-state index is -0.671. The number of fused-ring (bicyclic) bond motifs is 2. The lowest BCUT2D eigenvalue weighted by atomic mass is 9.86. The maximum Gasteiger partial charge on any atom is 0.261 e. The van der Waals surface area contributed by atoms with Crippen molar-refractivity contribution in [3.05, 3.63) is 47.3 Å². The van der Waals surface area contributed by atoms with Gasteiger partial charge in [-0.1, -0.05) is 37.1 Å². The smallest absolute Gasteiger partial charge is 0.261 e. The Labute approximate surface area is 225 Å². The predicted octanol–water partition coefficient (Wildman–Crippen LogP) is 4.25. The number of hydrogen-bond donors (Lipinski definition) is 1. The number of rotatable bonds is 3. The summed E-state index contributed by atoms with van der Waals surface area (Å²) in [5.74, 6) is -0.890. The Hall–Kier alpha value is -3.33. The number of piperazine rings is 1. The average Bonchev–Trinajstić information content (AvgIpc) is 3.53. The molecule has 2 aromatic rings. The van der Waals surface area contributed by atoms with E-state index in [1.807, 2.05) is 0 Å². The van der Waals surface area contributed by atoms with Crippen molar-refractivity contribution >= 4 is 29.2 Å². The van der Waals surface area contributed by atoms with E-state index in [0.29, 0.717) is 32.0 Å². The van der Waals surface area contributed by atoms with E-state index in [-0.39, 0.29) is 63.2 Å². The lowest BCUT2D eigenvalue weighted by Crippen LogP contribution is -2.57. The predicted molar refractivity (Wildman–Crippen MR) is 141 cm³/mol. The van der Waals surface area contributed by atoms with Crippen LogP contribution < -0.4 is 9.64 Å². The van der Waals surface area contributed by atoms with Crippen LogP contribution >= 0.6 is 11.6 Å². The minimum absolute atomic E-state index is 0.0221. The third-order valence-electron chi connectivity index (χ3n) is 8.57. The molecule has 2 amide bonds. The monoisotopic (exact) mass is 540 g/mol. The highest BCUT2D eigenvalue weighted by atomic mass is 35.5. The molecule has 3 aliphatic heterocycles. The largest absolute Gasteiger partial charge is 0.507 e. The van der Waals surface area contributed by atoms with Crippen LogP contribution in [0.3, 0.4) is 0 Å². The summed E-state index contributed by atoms with van der Waals surface area (Å²) in [5.41, 5.74) is 0.356. The fraction of sp³-hybridized carbons (Fsp3) is 0.464. The van der Waals surface area contributed by atoms with E-state index in [1.165, 1.54) is 37.1 Å². The molecule has 1 aliphatic carbocycles. The number of amides is 2. The van der Waals surface area contributed by atoms with Gasteiger partial charge in [0.2, 0.25) is 5.91 Å². The topological polar surface area (TPSA) is 86.2 Å². The Bertz CT molecular complexity index is 1310. The van der Waals surface area contributed by atoms with E-state index in [0.717, 1.165) is 25.8 Å². The lowest BCUT2D eigenvalue weighted by Gasteiger charge is -2.39. The summed E-state index contributed by atoms with van der Waals surface area (Å²) in [7, 11) is 0. The zero-order valence-electron chi connectivity index (χ0n) is 21.1. The summed E-state index contributed by atoms with van der Waals surface area (Å²) in [6.45, 7) is 6.15. The molecular formula is C28H30ClFN4O4. The van der Waals surface area contributed by atoms with Gasteiger partial charge in [-0.2, -0.15) is 0 Å². The Balaban J connectivity index is 1.48. The maximum absolute atomic E-state index is 15.0. The van der Waals surface area contributed by atoms with E-state index in [4.69, 9.17) is 21.3 Å². The molecule has 8 nitrogen and oxygen atoms in total. The summed E-state index contributed by atoms with van der Waals surface area (Å²) >= 11 is 6.81. The van der Waals surface area contributed by atoms with Crippen LogP contribution in [0.1, 0.15) is 42.5 Å². The number of nitrogens with zero attached hydrogens (tertiary/aromatic N) is 4. The van der Waals surface area contributed by atoms with Gasteiger partial charge in [0.15, 0.2) is 5.75 Å². The Morgan fingerprint density at radius 2 is 2.00 bits per heavy atom. The number of aromatic hydroxyl groups is 1. The fourth-order valence-electron chi connectivity index (χ4n) is 6.57. The summed E-state index contributed by atoms with van der Waals surface area (Å²) in [6.07, 6.45) is 6.89. The summed E-state index contributed by atoms with van der Waals surface area (Å²) in [6, 6.07) is 3.63. The van der Waals surface area contributed by atoms with Crippen molar-refractivity contribution in [1.29, 1.82) is 0 Å². The highest BCUT2D eigenvalue weighted by molar-refractivity contribution is 6.35. The first-order chi connectivity index (χ1) is 18.3. The third-order valence-corrected chi connectivity index (χ3v) is 8.92. The number of pyridine rings is 1. The van der Waals surface area contributed by atoms with Gasteiger partial charge in [-0.3, -0.25) is 9.59 Å². The summed E-state index contributed by atoms with van der Waals surface area (Å²) in [4.78, 5) is 36.6. The van der Waals surface area contributed by atoms with Crippen LogP contribution in [0.4, 0.5) is 10.2 Å². The number of anilines is 1. The number of benzene rings is 1. The van der Waals surface area contributed by atoms with Gasteiger partial charge in [0.05, 0.1) is 11.6 Å². The van der Waals surface area contributed by atoms with Crippen molar-refractivity contribution in [3.63, 3.8) is 0 Å². The number of phenolic OH excluding ortho intramolecular Hbond substituents is 1. The first-order valence-electron chi connectivity index (χ1n) is 13.1. The van der Waals surface area contributed by atoms with Crippen LogP contribution in [0, 0.1) is 11.2 Å². The molecular weight excluding hydrogens is 511 g/mol. The molecule has 4 heterocycles. The number of ether oxygens (including phenoxy) is 1. The molecule has 2 saturated heterocycles.